The van der Waals surface area contributed by atoms with Crippen molar-refractivity contribution in [2.75, 3.05) is 39.5 Å². The highest BCUT2D eigenvalue weighted by molar-refractivity contribution is 6.29. The van der Waals surface area contributed by atoms with Crippen molar-refractivity contribution in [1.82, 2.24) is 48.9 Å². The normalized spacial score (nSPS) is 15.3. The Kier molecular flexibility index (Phi) is 7.38. The lowest BCUT2D eigenvalue weighted by Crippen LogP contribution is -2.32. The summed E-state index contributed by atoms with van der Waals surface area (Å²) in [6.07, 6.45) is 3.49. The van der Waals surface area contributed by atoms with Gasteiger partial charge in [-0.05, 0) is 81.4 Å². The minimum atomic E-state index is -0.307. The van der Waals surface area contributed by atoms with E-state index in [0.29, 0.717) is 38.9 Å². The maximum atomic E-state index is 13.6. The van der Waals surface area contributed by atoms with Crippen molar-refractivity contribution in [3.8, 4) is 11.5 Å². The molecule has 1 aromatic carbocycles. The Hall–Kier alpha value is -4.36. The number of carbonyl (C=O) groups excluding carboxylic acids is 1. The van der Waals surface area contributed by atoms with Crippen LogP contribution in [0.25, 0.3) is 28.1 Å². The number of nitrogens with one attached hydrogen (secondary N) is 1. The fraction of sp³-hybridized carbons (Fsp3) is 0.414. The molecule has 1 aliphatic heterocycles. The number of anilines is 1. The third-order valence-electron chi connectivity index (χ3n) is 8.08. The smallest absolute Gasteiger partial charge is 0.275 e. The molecule has 43 heavy (non-hydrogen) atoms. The number of aromatic nitrogens is 8. The number of benzene rings is 1. The number of piperidine rings is 1. The zero-order valence-corrected chi connectivity index (χ0v) is 25.8. The van der Waals surface area contributed by atoms with Crippen LogP contribution in [0.15, 0.2) is 35.4 Å². The largest absolute Gasteiger partial charge is 0.377 e. The number of aryl methyl sites for hydroxylation is 2. The lowest BCUT2D eigenvalue weighted by Gasteiger charge is -2.27. The summed E-state index contributed by atoms with van der Waals surface area (Å²) in [5.41, 5.74) is 4.03. The SMILES string of the molecule is Cc1cc(C(C)Nc2ccc(Cl)nc2-c2nnn(C3CCN(C)CC3)n2)c2c(c1)c(=O)n(C)c1c(C(=O)N(C)C)ncn21. The molecule has 5 aromatic rings. The van der Waals surface area contributed by atoms with Gasteiger partial charge in [-0.2, -0.15) is 4.80 Å². The Morgan fingerprint density at radius 2 is 1.91 bits per heavy atom. The van der Waals surface area contributed by atoms with Crippen LogP contribution < -0.4 is 10.9 Å². The van der Waals surface area contributed by atoms with E-state index in [1.54, 1.807) is 38.3 Å². The van der Waals surface area contributed by atoms with E-state index >= 15 is 0 Å². The molecule has 0 radical (unpaired) electrons. The van der Waals surface area contributed by atoms with E-state index < -0.39 is 0 Å². The van der Waals surface area contributed by atoms with Crippen LogP contribution in [-0.2, 0) is 7.05 Å². The number of tetrazole rings is 1. The summed E-state index contributed by atoms with van der Waals surface area (Å²) in [5.74, 6) is 0.0947. The zero-order chi connectivity index (χ0) is 30.6. The number of halogens is 1. The number of likely N-dealkylation sites (tertiary alicyclic amines) is 1. The van der Waals surface area contributed by atoms with Gasteiger partial charge in [0.2, 0.25) is 5.82 Å². The van der Waals surface area contributed by atoms with Gasteiger partial charge in [-0.3, -0.25) is 18.6 Å². The lowest BCUT2D eigenvalue weighted by molar-refractivity contribution is 0.0824. The second kappa shape index (κ2) is 11.0. The van der Waals surface area contributed by atoms with Crippen molar-refractivity contribution < 1.29 is 4.79 Å². The van der Waals surface area contributed by atoms with Crippen molar-refractivity contribution >= 4 is 39.7 Å². The molecule has 1 unspecified atom stereocenters. The molecule has 4 aromatic heterocycles. The maximum absolute atomic E-state index is 13.6. The maximum Gasteiger partial charge on any atom is 0.275 e. The predicted octanol–water partition coefficient (Wildman–Crippen LogP) is 3.34. The third kappa shape index (κ3) is 5.12. The Labute approximate surface area is 253 Å². The van der Waals surface area contributed by atoms with Crippen molar-refractivity contribution in [2.24, 2.45) is 7.05 Å². The van der Waals surface area contributed by atoms with Gasteiger partial charge in [0.1, 0.15) is 17.2 Å². The van der Waals surface area contributed by atoms with Crippen molar-refractivity contribution in [2.45, 2.75) is 38.8 Å². The van der Waals surface area contributed by atoms with E-state index in [1.807, 2.05) is 36.4 Å². The first-order chi connectivity index (χ1) is 20.5. The molecule has 0 bridgehead atoms. The predicted molar refractivity (Wildman–Crippen MR) is 165 cm³/mol. The fourth-order valence-electron chi connectivity index (χ4n) is 5.77. The molecule has 13 nitrogen and oxygen atoms in total. The van der Waals surface area contributed by atoms with E-state index in [4.69, 9.17) is 16.7 Å². The van der Waals surface area contributed by atoms with Crippen LogP contribution in [-0.4, -0.2) is 89.1 Å². The first-order valence-electron chi connectivity index (χ1n) is 14.2. The summed E-state index contributed by atoms with van der Waals surface area (Å²) >= 11 is 6.33. The first-order valence-corrected chi connectivity index (χ1v) is 14.5. The number of amides is 1. The zero-order valence-electron chi connectivity index (χ0n) is 25.0. The minimum Gasteiger partial charge on any atom is -0.377 e. The second-order valence-electron chi connectivity index (χ2n) is 11.5. The van der Waals surface area contributed by atoms with E-state index in [2.05, 4.69) is 37.5 Å². The molecular weight excluding hydrogens is 570 g/mol. The van der Waals surface area contributed by atoms with Crippen LogP contribution in [0, 0.1) is 6.92 Å². The molecule has 1 N–H and O–H groups in total. The Balaban J connectivity index is 1.43. The molecule has 1 saturated heterocycles. The van der Waals surface area contributed by atoms with Gasteiger partial charge in [-0.15, -0.1) is 10.2 Å². The number of imidazole rings is 1. The molecule has 1 fully saturated rings. The summed E-state index contributed by atoms with van der Waals surface area (Å²) in [5, 5.41) is 17.8. The number of hydrogen-bond acceptors (Lipinski definition) is 9. The van der Waals surface area contributed by atoms with Gasteiger partial charge in [0, 0.05) is 21.1 Å². The highest BCUT2D eigenvalue weighted by Gasteiger charge is 2.25. The first kappa shape index (κ1) is 28.7. The molecule has 0 aliphatic carbocycles. The summed E-state index contributed by atoms with van der Waals surface area (Å²) in [4.78, 5) is 41.0. The number of rotatable bonds is 6. The van der Waals surface area contributed by atoms with Crippen LogP contribution in [0.5, 0.6) is 0 Å². The van der Waals surface area contributed by atoms with Crippen LogP contribution in [0.1, 0.15) is 53.5 Å². The highest BCUT2D eigenvalue weighted by Crippen LogP contribution is 2.32. The Morgan fingerprint density at radius 3 is 2.63 bits per heavy atom. The number of hydrogen-bond donors (Lipinski definition) is 1. The number of nitrogens with zero attached hydrogens (tertiary/aromatic N) is 10. The molecule has 5 heterocycles. The average molecular weight is 604 g/mol. The van der Waals surface area contributed by atoms with Crippen LogP contribution in [0.3, 0.4) is 0 Å². The second-order valence-corrected chi connectivity index (χ2v) is 11.9. The van der Waals surface area contributed by atoms with Crippen molar-refractivity contribution in [3.05, 3.63) is 62.9 Å². The van der Waals surface area contributed by atoms with E-state index in [9.17, 15) is 9.59 Å². The van der Waals surface area contributed by atoms with Gasteiger partial charge in [0.05, 0.1) is 28.7 Å². The quantitative estimate of drug-likeness (QED) is 0.290. The van der Waals surface area contributed by atoms with Crippen LogP contribution in [0.4, 0.5) is 5.69 Å². The molecule has 224 valence electrons. The van der Waals surface area contributed by atoms with Gasteiger partial charge in [0.25, 0.3) is 11.5 Å². The molecule has 6 rings (SSSR count). The molecule has 0 saturated carbocycles. The topological polar surface area (TPSA) is 131 Å². The molecule has 14 heteroatoms. The molecule has 1 amide bonds. The fourth-order valence-corrected chi connectivity index (χ4v) is 5.92. The van der Waals surface area contributed by atoms with Crippen LogP contribution in [0.2, 0.25) is 5.15 Å². The Morgan fingerprint density at radius 1 is 1.16 bits per heavy atom. The van der Waals surface area contributed by atoms with Gasteiger partial charge in [0.15, 0.2) is 11.3 Å². The molecule has 1 aliphatic rings. The Bertz CT molecular complexity index is 1920. The number of carbonyl (C=O) groups is 1. The van der Waals surface area contributed by atoms with Crippen molar-refractivity contribution in [1.29, 1.82) is 0 Å². The number of pyridine rings is 1. The number of fused-ring (bicyclic) bond motifs is 3. The van der Waals surface area contributed by atoms with Gasteiger partial charge >= 0.3 is 0 Å². The van der Waals surface area contributed by atoms with Crippen molar-refractivity contribution in [3.63, 3.8) is 0 Å². The molecule has 0 spiro atoms. The average Bonchev–Trinajstić information content (AvgIpc) is 3.65. The van der Waals surface area contributed by atoms with Gasteiger partial charge in [-0.25, -0.2) is 9.97 Å². The summed E-state index contributed by atoms with van der Waals surface area (Å²) in [6, 6.07) is 7.31. The molecular formula is C29H34ClN11O2. The van der Waals surface area contributed by atoms with E-state index in [0.717, 1.165) is 37.1 Å². The van der Waals surface area contributed by atoms with Gasteiger partial charge < -0.3 is 15.1 Å². The summed E-state index contributed by atoms with van der Waals surface area (Å²) < 4.78 is 3.30. The standard InChI is InChI=1S/C29H34ClN11O2/c1-16-13-19(25-20(14-16)28(42)39(6)27-24(29(43)37(3)4)31-15-40(25)27)17(2)32-21-7-8-22(30)33-23(21)26-34-36-41(35-26)18-9-11-38(5)12-10-18/h7-8,13-15,17-18,32H,9-12H2,1-6H3. The van der Waals surface area contributed by atoms with Crippen LogP contribution >= 0.6 is 11.6 Å². The summed E-state index contributed by atoms with van der Waals surface area (Å²) in [7, 11) is 7.09. The monoisotopic (exact) mass is 603 g/mol. The molecule has 1 atom stereocenters. The van der Waals surface area contributed by atoms with Gasteiger partial charge in [-0.1, -0.05) is 17.7 Å². The summed E-state index contributed by atoms with van der Waals surface area (Å²) in [6.45, 7) is 5.91. The minimum absolute atomic E-state index is 0.176. The van der Waals surface area contributed by atoms with E-state index in [-0.39, 0.29) is 29.2 Å². The third-order valence-corrected chi connectivity index (χ3v) is 8.29. The lowest BCUT2D eigenvalue weighted by atomic mass is 10.0. The highest BCUT2D eigenvalue weighted by atomic mass is 35.5. The van der Waals surface area contributed by atoms with E-state index in [1.165, 1.54) is 9.47 Å².